The Balaban J connectivity index is 2.41. The summed E-state index contributed by atoms with van der Waals surface area (Å²) in [6.07, 6.45) is 1.16. The molecular weight excluding hydrogens is 252 g/mol. The third-order valence-electron chi connectivity index (χ3n) is 3.87. The van der Waals surface area contributed by atoms with Crippen molar-refractivity contribution in [2.45, 2.75) is 18.1 Å². The summed E-state index contributed by atoms with van der Waals surface area (Å²) in [4.78, 5) is 0. The van der Waals surface area contributed by atoms with E-state index < -0.39 is 20.5 Å². The van der Waals surface area contributed by atoms with Crippen LogP contribution < -0.4 is 0 Å². The molecule has 5 heteroatoms. The predicted molar refractivity (Wildman–Crippen MR) is 69.2 cm³/mol. The van der Waals surface area contributed by atoms with Gasteiger partial charge in [-0.3, -0.25) is 0 Å². The Morgan fingerprint density at radius 3 is 2.00 bits per heavy atom. The summed E-state index contributed by atoms with van der Waals surface area (Å²) in [6, 6.07) is 7.55. The highest BCUT2D eigenvalue weighted by molar-refractivity contribution is 7.91. The van der Waals surface area contributed by atoms with Crippen molar-refractivity contribution in [1.82, 2.24) is 0 Å². The van der Waals surface area contributed by atoms with Gasteiger partial charge in [-0.05, 0) is 12.5 Å². The zero-order valence-electron chi connectivity index (χ0n) is 10.5. The summed E-state index contributed by atoms with van der Waals surface area (Å²) in [5.74, 6) is -0.317. The fourth-order valence-electron chi connectivity index (χ4n) is 2.83. The highest BCUT2D eigenvalue weighted by atomic mass is 32.2. The van der Waals surface area contributed by atoms with Crippen molar-refractivity contribution in [2.24, 2.45) is 5.41 Å². The number of benzene rings is 1. The lowest BCUT2D eigenvalue weighted by atomic mass is 10.00. The number of aryl methyl sites for hydroxylation is 1. The van der Waals surface area contributed by atoms with Crippen LogP contribution in [0.15, 0.2) is 24.3 Å². The number of hydrogen-bond acceptors (Lipinski definition) is 4. The number of aliphatic hydroxyl groups is 2. The van der Waals surface area contributed by atoms with Crippen molar-refractivity contribution < 1.29 is 18.6 Å². The van der Waals surface area contributed by atoms with Gasteiger partial charge < -0.3 is 10.2 Å². The standard InChI is InChI=1S/C13H18O4S/c1-9-3-5-10(6-4-9)11-12(18(2,16)17)13(11,7-14)8-15/h3-6,11-12,14-15H,7-8H2,1-2H3/t11-,12-/m0/s1. The molecular formula is C13H18O4S. The van der Waals surface area contributed by atoms with Gasteiger partial charge in [-0.2, -0.15) is 0 Å². The van der Waals surface area contributed by atoms with E-state index in [9.17, 15) is 18.6 Å². The summed E-state index contributed by atoms with van der Waals surface area (Å²) in [7, 11) is -3.29. The molecule has 0 aromatic heterocycles. The van der Waals surface area contributed by atoms with Crippen molar-refractivity contribution in [3.63, 3.8) is 0 Å². The molecule has 1 saturated carbocycles. The fraction of sp³-hybridized carbons (Fsp3) is 0.538. The van der Waals surface area contributed by atoms with Crippen LogP contribution in [0.4, 0.5) is 0 Å². The van der Waals surface area contributed by atoms with Crippen LogP contribution in [0.5, 0.6) is 0 Å². The number of aliphatic hydroxyl groups excluding tert-OH is 2. The van der Waals surface area contributed by atoms with E-state index in [0.717, 1.165) is 17.4 Å². The molecule has 0 radical (unpaired) electrons. The van der Waals surface area contributed by atoms with Gasteiger partial charge in [-0.15, -0.1) is 0 Å². The zero-order valence-corrected chi connectivity index (χ0v) is 11.3. The number of sulfone groups is 1. The topological polar surface area (TPSA) is 74.6 Å². The molecule has 1 aromatic carbocycles. The summed E-state index contributed by atoms with van der Waals surface area (Å²) < 4.78 is 23.5. The predicted octanol–water partition coefficient (Wildman–Crippen LogP) is 0.476. The Kier molecular flexibility index (Phi) is 3.25. The Hall–Kier alpha value is -0.910. The fourth-order valence-corrected chi connectivity index (χ4v) is 4.83. The second-order valence-corrected chi connectivity index (χ2v) is 7.35. The minimum Gasteiger partial charge on any atom is -0.396 e. The molecule has 4 nitrogen and oxygen atoms in total. The molecule has 2 N–H and O–H groups in total. The molecule has 1 aromatic rings. The molecule has 0 heterocycles. The average Bonchev–Trinajstić information content (AvgIpc) is 3.00. The van der Waals surface area contributed by atoms with Crippen LogP contribution in [0.25, 0.3) is 0 Å². The van der Waals surface area contributed by atoms with E-state index in [0.29, 0.717) is 0 Å². The van der Waals surface area contributed by atoms with Crippen molar-refractivity contribution in [2.75, 3.05) is 19.5 Å². The summed E-state index contributed by atoms with van der Waals surface area (Å²) in [6.45, 7) is 1.32. The smallest absolute Gasteiger partial charge is 0.151 e. The van der Waals surface area contributed by atoms with Crippen LogP contribution in [0.2, 0.25) is 0 Å². The lowest BCUT2D eigenvalue weighted by Gasteiger charge is -2.10. The highest BCUT2D eigenvalue weighted by Gasteiger charge is 2.69. The Bertz CT molecular complexity index is 529. The molecule has 1 aliphatic carbocycles. The molecule has 0 bridgehead atoms. The monoisotopic (exact) mass is 270 g/mol. The molecule has 0 spiro atoms. The molecule has 0 amide bonds. The lowest BCUT2D eigenvalue weighted by Crippen LogP contribution is -2.22. The van der Waals surface area contributed by atoms with Gasteiger partial charge in [0.05, 0.1) is 18.5 Å². The third-order valence-corrected chi connectivity index (χ3v) is 5.53. The molecule has 1 aliphatic rings. The van der Waals surface area contributed by atoms with Crippen molar-refractivity contribution in [1.29, 1.82) is 0 Å². The summed E-state index contributed by atoms with van der Waals surface area (Å²) >= 11 is 0. The molecule has 18 heavy (non-hydrogen) atoms. The Morgan fingerprint density at radius 1 is 1.17 bits per heavy atom. The molecule has 2 atom stereocenters. The molecule has 100 valence electrons. The van der Waals surface area contributed by atoms with Crippen LogP contribution >= 0.6 is 0 Å². The second kappa shape index (κ2) is 4.33. The number of hydrogen-bond donors (Lipinski definition) is 2. The first kappa shape index (κ1) is 13.5. The normalized spacial score (nSPS) is 26.0. The van der Waals surface area contributed by atoms with Gasteiger partial charge >= 0.3 is 0 Å². The molecule has 0 saturated heterocycles. The summed E-state index contributed by atoms with van der Waals surface area (Å²) in [5, 5.41) is 18.2. The first-order chi connectivity index (χ1) is 8.36. The highest BCUT2D eigenvalue weighted by Crippen LogP contribution is 2.62. The van der Waals surface area contributed by atoms with Gasteiger partial charge in [0.15, 0.2) is 9.84 Å². The SMILES string of the molecule is Cc1ccc([C@H]2[C@H](S(C)(=O)=O)C2(CO)CO)cc1. The average molecular weight is 270 g/mol. The molecule has 2 rings (SSSR count). The lowest BCUT2D eigenvalue weighted by molar-refractivity contribution is 0.130. The first-order valence-corrected chi connectivity index (χ1v) is 7.79. The van der Waals surface area contributed by atoms with Crippen LogP contribution in [0, 0.1) is 12.3 Å². The van der Waals surface area contributed by atoms with E-state index in [1.165, 1.54) is 0 Å². The third kappa shape index (κ3) is 1.96. The number of rotatable bonds is 4. The second-order valence-electron chi connectivity index (χ2n) is 5.19. The summed E-state index contributed by atoms with van der Waals surface area (Å²) in [5.41, 5.74) is 1.02. The van der Waals surface area contributed by atoms with E-state index in [1.54, 1.807) is 0 Å². The van der Waals surface area contributed by atoms with E-state index in [4.69, 9.17) is 0 Å². The largest absolute Gasteiger partial charge is 0.396 e. The van der Waals surface area contributed by atoms with Crippen LogP contribution in [-0.4, -0.2) is 43.4 Å². The van der Waals surface area contributed by atoms with Gasteiger partial charge in [-0.1, -0.05) is 29.8 Å². The Morgan fingerprint density at radius 2 is 1.67 bits per heavy atom. The van der Waals surface area contributed by atoms with Gasteiger partial charge in [-0.25, -0.2) is 8.42 Å². The zero-order chi connectivity index (χ0) is 13.6. The van der Waals surface area contributed by atoms with Gasteiger partial charge in [0, 0.05) is 17.6 Å². The van der Waals surface area contributed by atoms with Crippen molar-refractivity contribution in [3.05, 3.63) is 35.4 Å². The maximum absolute atomic E-state index is 11.8. The van der Waals surface area contributed by atoms with Gasteiger partial charge in [0.25, 0.3) is 0 Å². The quantitative estimate of drug-likeness (QED) is 0.834. The van der Waals surface area contributed by atoms with Crippen molar-refractivity contribution >= 4 is 9.84 Å². The van der Waals surface area contributed by atoms with Crippen molar-refractivity contribution in [3.8, 4) is 0 Å². The van der Waals surface area contributed by atoms with E-state index in [1.807, 2.05) is 31.2 Å². The molecule has 0 unspecified atom stereocenters. The minimum absolute atomic E-state index is 0.317. The van der Waals surface area contributed by atoms with Crippen LogP contribution in [0.1, 0.15) is 17.0 Å². The van der Waals surface area contributed by atoms with E-state index in [-0.39, 0.29) is 19.1 Å². The Labute approximate surface area is 107 Å². The maximum atomic E-state index is 11.8. The molecule has 0 aliphatic heterocycles. The van der Waals surface area contributed by atoms with Crippen LogP contribution in [-0.2, 0) is 9.84 Å². The van der Waals surface area contributed by atoms with E-state index in [2.05, 4.69) is 0 Å². The maximum Gasteiger partial charge on any atom is 0.151 e. The molecule has 1 fully saturated rings. The van der Waals surface area contributed by atoms with E-state index >= 15 is 0 Å². The van der Waals surface area contributed by atoms with Gasteiger partial charge in [0.2, 0.25) is 0 Å². The van der Waals surface area contributed by atoms with Gasteiger partial charge in [0.1, 0.15) is 0 Å². The van der Waals surface area contributed by atoms with Crippen LogP contribution in [0.3, 0.4) is 0 Å². The minimum atomic E-state index is -3.29. The first-order valence-electron chi connectivity index (χ1n) is 5.84.